The molecule has 1 aromatic rings. The third-order valence-corrected chi connectivity index (χ3v) is 4.22. The van der Waals surface area contributed by atoms with E-state index in [4.69, 9.17) is 23.2 Å². The lowest BCUT2D eigenvalue weighted by Crippen LogP contribution is -2.42. The van der Waals surface area contributed by atoms with Gasteiger partial charge in [-0.3, -0.25) is 0 Å². The van der Waals surface area contributed by atoms with Crippen molar-refractivity contribution in [3.05, 3.63) is 21.9 Å². The van der Waals surface area contributed by atoms with E-state index in [-0.39, 0.29) is 0 Å². The molecule has 1 aliphatic heterocycles. The Morgan fingerprint density at radius 3 is 2.47 bits per heavy atom. The molecule has 1 aliphatic rings. The van der Waals surface area contributed by atoms with E-state index in [1.54, 1.807) is 0 Å². The molecule has 3 nitrogen and oxygen atoms in total. The fourth-order valence-corrected chi connectivity index (χ4v) is 3.12. The summed E-state index contributed by atoms with van der Waals surface area (Å²) in [5.41, 5.74) is 1.98. The molecule has 0 aliphatic carbocycles. The van der Waals surface area contributed by atoms with Gasteiger partial charge < -0.3 is 10.2 Å². The summed E-state index contributed by atoms with van der Waals surface area (Å²) in [6, 6.07) is 2.94. The van der Waals surface area contributed by atoms with Gasteiger partial charge >= 0.3 is 0 Å². The van der Waals surface area contributed by atoms with Gasteiger partial charge in [-0.2, -0.15) is 0 Å². The van der Waals surface area contributed by atoms with E-state index in [2.05, 4.69) is 29.0 Å². The van der Waals surface area contributed by atoms with Crippen LogP contribution in [0.5, 0.6) is 0 Å². The Kier molecular flexibility index (Phi) is 4.93. The topological polar surface area (TPSA) is 28.2 Å². The van der Waals surface area contributed by atoms with Crippen LogP contribution in [0.15, 0.2) is 6.07 Å². The summed E-state index contributed by atoms with van der Waals surface area (Å²) < 4.78 is 0. The highest BCUT2D eigenvalue weighted by Gasteiger charge is 2.22. The lowest BCUT2D eigenvalue weighted by Gasteiger charge is -2.35. The van der Waals surface area contributed by atoms with Crippen molar-refractivity contribution in [1.29, 1.82) is 0 Å². The van der Waals surface area contributed by atoms with Crippen molar-refractivity contribution in [2.75, 3.05) is 18.4 Å². The highest BCUT2D eigenvalue weighted by atomic mass is 35.5. The highest BCUT2D eigenvalue weighted by Crippen LogP contribution is 2.28. The Labute approximate surface area is 125 Å². The number of rotatable bonds is 3. The summed E-state index contributed by atoms with van der Waals surface area (Å²) in [4.78, 5) is 6.61. The van der Waals surface area contributed by atoms with Crippen LogP contribution in [0, 0.1) is 6.92 Å². The van der Waals surface area contributed by atoms with Crippen molar-refractivity contribution in [3.63, 3.8) is 0 Å². The third-order valence-electron chi connectivity index (χ3n) is 3.75. The summed E-state index contributed by atoms with van der Waals surface area (Å²) in [6.07, 6.45) is 2.27. The van der Waals surface area contributed by atoms with Gasteiger partial charge in [-0.25, -0.2) is 4.98 Å². The van der Waals surface area contributed by atoms with Crippen LogP contribution in [0.1, 0.15) is 32.3 Å². The van der Waals surface area contributed by atoms with Crippen LogP contribution in [0.3, 0.4) is 0 Å². The van der Waals surface area contributed by atoms with Gasteiger partial charge in [0, 0.05) is 25.2 Å². The van der Waals surface area contributed by atoms with Gasteiger partial charge in [0.2, 0.25) is 0 Å². The van der Waals surface area contributed by atoms with E-state index < -0.39 is 0 Å². The van der Waals surface area contributed by atoms with Gasteiger partial charge in [0.05, 0.1) is 5.69 Å². The number of nitrogens with zero attached hydrogens (tertiary/aromatic N) is 2. The molecule has 19 heavy (non-hydrogen) atoms. The number of aromatic nitrogens is 1. The molecule has 2 heterocycles. The molecule has 1 saturated heterocycles. The molecule has 0 aromatic carbocycles. The van der Waals surface area contributed by atoms with E-state index in [1.807, 2.05) is 13.0 Å². The zero-order valence-corrected chi connectivity index (χ0v) is 13.2. The summed E-state index contributed by atoms with van der Waals surface area (Å²) in [7, 11) is 0. The van der Waals surface area contributed by atoms with Crippen LogP contribution < -0.4 is 5.32 Å². The van der Waals surface area contributed by atoms with E-state index >= 15 is 0 Å². The number of hydrogen-bond donors (Lipinski definition) is 1. The number of likely N-dealkylation sites (tertiary alicyclic amines) is 1. The van der Waals surface area contributed by atoms with Crippen LogP contribution in [0.4, 0.5) is 5.69 Å². The predicted molar refractivity (Wildman–Crippen MR) is 82.3 cm³/mol. The minimum Gasteiger partial charge on any atom is -0.380 e. The first-order valence-electron chi connectivity index (χ1n) is 6.80. The van der Waals surface area contributed by atoms with Gasteiger partial charge in [0.25, 0.3) is 0 Å². The van der Waals surface area contributed by atoms with Gasteiger partial charge in [0.1, 0.15) is 5.15 Å². The normalized spacial score (nSPS) is 18.0. The molecule has 1 fully saturated rings. The van der Waals surface area contributed by atoms with E-state index in [1.165, 1.54) is 0 Å². The maximum atomic E-state index is 6.16. The van der Waals surface area contributed by atoms with Crippen LogP contribution in [-0.4, -0.2) is 35.1 Å². The van der Waals surface area contributed by atoms with Crippen molar-refractivity contribution in [2.45, 2.75) is 45.7 Å². The van der Waals surface area contributed by atoms with E-state index in [0.717, 1.165) is 37.2 Å². The van der Waals surface area contributed by atoms with Crippen LogP contribution in [0.2, 0.25) is 10.3 Å². The number of nitrogens with one attached hydrogen (secondary N) is 1. The predicted octanol–water partition coefficient (Wildman–Crippen LogP) is 3.98. The molecule has 106 valence electrons. The van der Waals surface area contributed by atoms with Crippen LogP contribution in [-0.2, 0) is 0 Å². The minimum atomic E-state index is 0.447. The second-order valence-corrected chi connectivity index (χ2v) is 6.22. The van der Waals surface area contributed by atoms with Crippen molar-refractivity contribution < 1.29 is 0 Å². The monoisotopic (exact) mass is 301 g/mol. The number of aryl methyl sites for hydroxylation is 1. The Bertz CT molecular complexity index is 417. The lowest BCUT2D eigenvalue weighted by molar-refractivity contribution is 0.177. The number of hydrogen-bond acceptors (Lipinski definition) is 3. The number of piperidine rings is 1. The largest absolute Gasteiger partial charge is 0.380 e. The maximum Gasteiger partial charge on any atom is 0.154 e. The SMILES string of the molecule is Cc1cc(Cl)nc(Cl)c1NC1CCN(C(C)C)CC1. The quantitative estimate of drug-likeness (QED) is 0.856. The first-order chi connectivity index (χ1) is 8.97. The van der Waals surface area contributed by atoms with Gasteiger partial charge in [-0.1, -0.05) is 23.2 Å². The fraction of sp³-hybridized carbons (Fsp3) is 0.643. The molecule has 1 aromatic heterocycles. The Morgan fingerprint density at radius 2 is 1.95 bits per heavy atom. The Morgan fingerprint density at radius 1 is 1.32 bits per heavy atom. The minimum absolute atomic E-state index is 0.447. The standard InChI is InChI=1S/C14H21Cl2N3/c1-9(2)19-6-4-11(5-7-19)17-13-10(3)8-12(15)18-14(13)16/h8-9,11,17H,4-7H2,1-3H3. The third kappa shape index (κ3) is 3.74. The molecule has 2 rings (SSSR count). The first kappa shape index (κ1) is 14.9. The summed E-state index contributed by atoms with van der Waals surface area (Å²) in [6.45, 7) is 8.76. The zero-order chi connectivity index (χ0) is 14.0. The molecular weight excluding hydrogens is 281 g/mol. The molecule has 0 saturated carbocycles. The smallest absolute Gasteiger partial charge is 0.154 e. The van der Waals surface area contributed by atoms with Crippen molar-refractivity contribution in [2.24, 2.45) is 0 Å². The molecule has 1 N–H and O–H groups in total. The van der Waals surface area contributed by atoms with Crippen molar-refractivity contribution in [3.8, 4) is 0 Å². The molecule has 5 heteroatoms. The van der Waals surface area contributed by atoms with Crippen LogP contribution in [0.25, 0.3) is 0 Å². The molecule has 0 atom stereocenters. The molecular formula is C14H21Cl2N3. The zero-order valence-electron chi connectivity index (χ0n) is 11.7. The van der Waals surface area contributed by atoms with Crippen molar-refractivity contribution >= 4 is 28.9 Å². The summed E-state index contributed by atoms with van der Waals surface area (Å²) >= 11 is 12.1. The molecule has 0 radical (unpaired) electrons. The second kappa shape index (κ2) is 6.29. The molecule has 0 unspecified atom stereocenters. The lowest BCUT2D eigenvalue weighted by atomic mass is 10.0. The number of halogens is 2. The van der Waals surface area contributed by atoms with E-state index in [0.29, 0.717) is 22.4 Å². The summed E-state index contributed by atoms with van der Waals surface area (Å²) in [5.74, 6) is 0. The van der Waals surface area contributed by atoms with E-state index in [9.17, 15) is 0 Å². The molecule has 0 spiro atoms. The Hall–Kier alpha value is -0.510. The molecule has 0 amide bonds. The number of pyridine rings is 1. The maximum absolute atomic E-state index is 6.16. The average molecular weight is 302 g/mol. The van der Waals surface area contributed by atoms with Crippen LogP contribution >= 0.6 is 23.2 Å². The fourth-order valence-electron chi connectivity index (χ4n) is 2.53. The van der Waals surface area contributed by atoms with Gasteiger partial charge in [0.15, 0.2) is 5.15 Å². The summed E-state index contributed by atoms with van der Waals surface area (Å²) in [5, 5.41) is 4.44. The molecule has 0 bridgehead atoms. The first-order valence-corrected chi connectivity index (χ1v) is 7.56. The second-order valence-electron chi connectivity index (χ2n) is 5.48. The Balaban J connectivity index is 2.00. The van der Waals surface area contributed by atoms with Crippen molar-refractivity contribution in [1.82, 2.24) is 9.88 Å². The van der Waals surface area contributed by atoms with Gasteiger partial charge in [-0.05, 0) is 45.2 Å². The number of anilines is 1. The highest BCUT2D eigenvalue weighted by molar-refractivity contribution is 6.34. The van der Waals surface area contributed by atoms with Gasteiger partial charge in [-0.15, -0.1) is 0 Å². The average Bonchev–Trinajstić information content (AvgIpc) is 2.34.